The normalized spacial score (nSPS) is 17.9. The summed E-state index contributed by atoms with van der Waals surface area (Å²) in [4.78, 5) is 16.7. The van der Waals surface area contributed by atoms with Gasteiger partial charge in [-0.3, -0.25) is 9.69 Å². The van der Waals surface area contributed by atoms with Crippen LogP contribution in [0.15, 0.2) is 60.4 Å². The highest BCUT2D eigenvalue weighted by Gasteiger charge is 2.36. The molecule has 3 rings (SSSR count). The molecule has 1 N–H and O–H groups in total. The predicted molar refractivity (Wildman–Crippen MR) is 110 cm³/mol. The quantitative estimate of drug-likeness (QED) is 0.749. The van der Waals surface area contributed by atoms with Gasteiger partial charge in [0.1, 0.15) is 0 Å². The van der Waals surface area contributed by atoms with Crippen LogP contribution in [-0.2, 0) is 9.53 Å². The van der Waals surface area contributed by atoms with Crippen molar-refractivity contribution in [2.75, 3.05) is 29.9 Å². The van der Waals surface area contributed by atoms with Crippen molar-refractivity contribution in [3.63, 3.8) is 0 Å². The Labute approximate surface area is 161 Å². The number of nitrogens with zero attached hydrogens (tertiary/aromatic N) is 2. The molecular formula is C22H27N3O2. The molecule has 0 saturated carbocycles. The highest BCUT2D eigenvalue weighted by molar-refractivity contribution is 5.97. The van der Waals surface area contributed by atoms with Gasteiger partial charge in [-0.1, -0.05) is 30.3 Å². The molecule has 0 radical (unpaired) electrons. The maximum atomic E-state index is 12.7. The minimum Gasteiger partial charge on any atom is -0.446 e. The molecule has 0 aliphatic carbocycles. The number of likely N-dealkylation sites (N-methyl/N-ethyl adjacent to an activating group) is 1. The number of benzene rings is 2. The maximum Gasteiger partial charge on any atom is 0.293 e. The molecule has 27 heavy (non-hydrogen) atoms. The first-order valence-electron chi connectivity index (χ1n) is 9.52. The molecule has 1 atom stereocenters. The molecule has 2 aromatic rings. The van der Waals surface area contributed by atoms with Crippen molar-refractivity contribution >= 4 is 23.4 Å². The largest absolute Gasteiger partial charge is 0.446 e. The van der Waals surface area contributed by atoms with E-state index in [0.717, 1.165) is 24.3 Å². The van der Waals surface area contributed by atoms with Gasteiger partial charge in [0.05, 0.1) is 0 Å². The molecule has 1 unspecified atom stereocenters. The molecule has 1 fully saturated rings. The average molecular weight is 365 g/mol. The van der Waals surface area contributed by atoms with Crippen LogP contribution in [0.25, 0.3) is 6.08 Å². The Balaban J connectivity index is 1.76. The summed E-state index contributed by atoms with van der Waals surface area (Å²) in [5.41, 5.74) is 3.05. The van der Waals surface area contributed by atoms with Crippen molar-refractivity contribution in [1.29, 1.82) is 0 Å². The fourth-order valence-corrected chi connectivity index (χ4v) is 3.19. The highest BCUT2D eigenvalue weighted by Crippen LogP contribution is 2.25. The van der Waals surface area contributed by atoms with Crippen molar-refractivity contribution in [2.45, 2.75) is 27.1 Å². The molecule has 1 aliphatic rings. The molecular weight excluding hydrogens is 338 g/mol. The fourth-order valence-electron chi connectivity index (χ4n) is 3.19. The Morgan fingerprint density at radius 3 is 2.30 bits per heavy atom. The van der Waals surface area contributed by atoms with Crippen molar-refractivity contribution in [3.05, 3.63) is 65.9 Å². The van der Waals surface area contributed by atoms with E-state index < -0.39 is 6.35 Å². The monoisotopic (exact) mass is 365 g/mol. The van der Waals surface area contributed by atoms with Gasteiger partial charge in [-0.05, 0) is 56.7 Å². The summed E-state index contributed by atoms with van der Waals surface area (Å²) in [7, 11) is 0. The minimum absolute atomic E-state index is 0.0984. The molecule has 1 saturated heterocycles. The third-order valence-corrected chi connectivity index (χ3v) is 4.72. The number of rotatable bonds is 7. The zero-order chi connectivity index (χ0) is 19.2. The first-order valence-corrected chi connectivity index (χ1v) is 9.52. The summed E-state index contributed by atoms with van der Waals surface area (Å²) in [5.74, 6) is 0.264. The molecule has 5 heteroatoms. The number of carbonyl (C=O) groups is 1. The lowest BCUT2D eigenvalue weighted by Gasteiger charge is -2.22. The van der Waals surface area contributed by atoms with Crippen LogP contribution in [0.4, 0.5) is 11.4 Å². The van der Waals surface area contributed by atoms with E-state index in [9.17, 15) is 4.79 Å². The van der Waals surface area contributed by atoms with Crippen molar-refractivity contribution in [2.24, 2.45) is 0 Å². The molecule has 1 amide bonds. The Morgan fingerprint density at radius 2 is 1.70 bits per heavy atom. The molecule has 142 valence electrons. The molecule has 1 heterocycles. The van der Waals surface area contributed by atoms with Gasteiger partial charge < -0.3 is 15.0 Å². The SMILES string of the molecule is CCN(CC)c1ccc(/C=C2/OC(Nc3ccccc3)N(CC)C2=O)cc1. The van der Waals surface area contributed by atoms with Gasteiger partial charge in [-0.25, -0.2) is 0 Å². The van der Waals surface area contributed by atoms with E-state index in [4.69, 9.17) is 4.74 Å². The van der Waals surface area contributed by atoms with E-state index >= 15 is 0 Å². The van der Waals surface area contributed by atoms with Gasteiger partial charge in [0, 0.05) is 31.0 Å². The summed E-state index contributed by atoms with van der Waals surface area (Å²) >= 11 is 0. The second kappa shape index (κ2) is 8.62. The van der Waals surface area contributed by atoms with Gasteiger partial charge in [0.15, 0.2) is 5.76 Å². The van der Waals surface area contributed by atoms with Crippen LogP contribution in [0.1, 0.15) is 26.3 Å². The van der Waals surface area contributed by atoms with Gasteiger partial charge >= 0.3 is 0 Å². The van der Waals surface area contributed by atoms with E-state index in [1.807, 2.05) is 55.5 Å². The Kier molecular flexibility index (Phi) is 6.01. The summed E-state index contributed by atoms with van der Waals surface area (Å²) in [5, 5.41) is 3.26. The lowest BCUT2D eigenvalue weighted by atomic mass is 10.1. The minimum atomic E-state index is -0.494. The first kappa shape index (κ1) is 18.8. The number of anilines is 2. The predicted octanol–water partition coefficient (Wildman–Crippen LogP) is 4.15. The van der Waals surface area contributed by atoms with Crippen LogP contribution in [0.5, 0.6) is 0 Å². The number of hydrogen-bond donors (Lipinski definition) is 1. The molecule has 1 aliphatic heterocycles. The number of carbonyl (C=O) groups excluding carboxylic acids is 1. The average Bonchev–Trinajstić information content (AvgIpc) is 2.99. The number of ether oxygens (including phenoxy) is 1. The van der Waals surface area contributed by atoms with Crippen LogP contribution in [0.2, 0.25) is 0 Å². The lowest BCUT2D eigenvalue weighted by Crippen LogP contribution is -2.38. The van der Waals surface area contributed by atoms with E-state index in [2.05, 4.69) is 36.2 Å². The van der Waals surface area contributed by atoms with Gasteiger partial charge in [0.2, 0.25) is 0 Å². The first-order chi connectivity index (χ1) is 13.2. The Bertz CT molecular complexity index is 783. The number of para-hydroxylation sites is 1. The molecule has 2 aromatic carbocycles. The second-order valence-corrected chi connectivity index (χ2v) is 6.34. The van der Waals surface area contributed by atoms with Gasteiger partial charge in [0.25, 0.3) is 12.3 Å². The van der Waals surface area contributed by atoms with Crippen LogP contribution >= 0.6 is 0 Å². The van der Waals surface area contributed by atoms with Crippen LogP contribution < -0.4 is 10.2 Å². The van der Waals surface area contributed by atoms with Crippen molar-refractivity contribution in [1.82, 2.24) is 4.90 Å². The molecule has 0 bridgehead atoms. The smallest absolute Gasteiger partial charge is 0.293 e. The number of hydrogen-bond acceptors (Lipinski definition) is 4. The topological polar surface area (TPSA) is 44.8 Å². The third kappa shape index (κ3) is 4.25. The summed E-state index contributed by atoms with van der Waals surface area (Å²) in [6.45, 7) is 8.74. The zero-order valence-corrected chi connectivity index (χ0v) is 16.2. The van der Waals surface area contributed by atoms with E-state index in [-0.39, 0.29) is 5.91 Å². The van der Waals surface area contributed by atoms with E-state index in [1.165, 1.54) is 5.69 Å². The van der Waals surface area contributed by atoms with Gasteiger partial charge in [-0.2, -0.15) is 0 Å². The Morgan fingerprint density at radius 1 is 1.04 bits per heavy atom. The zero-order valence-electron chi connectivity index (χ0n) is 16.2. The second-order valence-electron chi connectivity index (χ2n) is 6.34. The highest BCUT2D eigenvalue weighted by atomic mass is 16.5. The summed E-state index contributed by atoms with van der Waals surface area (Å²) in [6, 6.07) is 18.0. The van der Waals surface area contributed by atoms with E-state index in [1.54, 1.807) is 4.90 Å². The number of amides is 1. The Hall–Kier alpha value is -2.95. The fraction of sp³-hybridized carbons (Fsp3) is 0.318. The standard InChI is InChI=1S/C22H27N3O2/c1-4-24(5-2)19-14-12-17(13-15-19)16-20-21(26)25(6-3)22(27-20)23-18-10-8-7-9-11-18/h7-16,22-23H,4-6H2,1-3H3/b20-16+. The van der Waals surface area contributed by atoms with Crippen molar-refractivity contribution in [3.8, 4) is 0 Å². The third-order valence-electron chi connectivity index (χ3n) is 4.72. The summed E-state index contributed by atoms with van der Waals surface area (Å²) in [6.07, 6.45) is 1.31. The number of nitrogens with one attached hydrogen (secondary N) is 1. The van der Waals surface area contributed by atoms with E-state index in [0.29, 0.717) is 12.3 Å². The van der Waals surface area contributed by atoms with Crippen LogP contribution in [0.3, 0.4) is 0 Å². The molecule has 5 nitrogen and oxygen atoms in total. The molecule has 0 spiro atoms. The van der Waals surface area contributed by atoms with Crippen LogP contribution in [0, 0.1) is 0 Å². The van der Waals surface area contributed by atoms with Crippen LogP contribution in [-0.4, -0.2) is 36.8 Å². The lowest BCUT2D eigenvalue weighted by molar-refractivity contribution is -0.125. The molecule has 0 aromatic heterocycles. The van der Waals surface area contributed by atoms with Gasteiger partial charge in [-0.15, -0.1) is 0 Å². The summed E-state index contributed by atoms with van der Waals surface area (Å²) < 4.78 is 5.92. The maximum absolute atomic E-state index is 12.7. The van der Waals surface area contributed by atoms with Crippen molar-refractivity contribution < 1.29 is 9.53 Å².